The van der Waals surface area contributed by atoms with Crippen LogP contribution in [-0.4, -0.2) is 30.6 Å². The van der Waals surface area contributed by atoms with Gasteiger partial charge in [-0.1, -0.05) is 43.3 Å². The van der Waals surface area contributed by atoms with Crippen molar-refractivity contribution in [2.24, 2.45) is 0 Å². The quantitative estimate of drug-likeness (QED) is 0.892. The molecule has 3 rings (SSSR count). The first-order chi connectivity index (χ1) is 10.3. The molecule has 0 radical (unpaired) electrons. The third-order valence-electron chi connectivity index (χ3n) is 4.74. The van der Waals surface area contributed by atoms with Gasteiger partial charge in [-0.25, -0.2) is 0 Å². The fourth-order valence-corrected chi connectivity index (χ4v) is 3.53. The second-order valence-electron chi connectivity index (χ2n) is 6.17. The van der Waals surface area contributed by atoms with Crippen LogP contribution in [0, 0.1) is 0 Å². The normalized spacial score (nSPS) is 20.2. The third-order valence-corrected chi connectivity index (χ3v) is 4.74. The molecule has 1 fully saturated rings. The lowest BCUT2D eigenvalue weighted by atomic mass is 10.00. The molecule has 1 aliphatic rings. The highest BCUT2D eigenvalue weighted by molar-refractivity contribution is 5.83. The lowest BCUT2D eigenvalue weighted by Gasteiger charge is -2.34. The van der Waals surface area contributed by atoms with Gasteiger partial charge in [0.1, 0.15) is 0 Å². The molecule has 0 aliphatic carbocycles. The Kier molecular flexibility index (Phi) is 4.57. The molecule has 2 aromatic rings. The first-order valence-electron chi connectivity index (χ1n) is 8.24. The molecule has 21 heavy (non-hydrogen) atoms. The fourth-order valence-electron chi connectivity index (χ4n) is 3.53. The van der Waals surface area contributed by atoms with Gasteiger partial charge in [-0.2, -0.15) is 0 Å². The zero-order valence-corrected chi connectivity index (χ0v) is 13.2. The van der Waals surface area contributed by atoms with E-state index in [0.29, 0.717) is 12.1 Å². The summed E-state index contributed by atoms with van der Waals surface area (Å²) in [7, 11) is 0. The van der Waals surface area contributed by atoms with Gasteiger partial charge >= 0.3 is 0 Å². The van der Waals surface area contributed by atoms with E-state index in [0.717, 1.165) is 13.1 Å². The summed E-state index contributed by atoms with van der Waals surface area (Å²) in [5, 5.41) is 6.19. The smallest absolute Gasteiger partial charge is 0.0323 e. The summed E-state index contributed by atoms with van der Waals surface area (Å²) < 4.78 is 0. The van der Waals surface area contributed by atoms with Crippen molar-refractivity contribution in [1.29, 1.82) is 0 Å². The molecule has 1 N–H and O–H groups in total. The molecule has 1 aliphatic heterocycles. The van der Waals surface area contributed by atoms with Crippen molar-refractivity contribution in [3.8, 4) is 0 Å². The van der Waals surface area contributed by atoms with Crippen LogP contribution in [0.15, 0.2) is 42.5 Å². The lowest BCUT2D eigenvalue weighted by Crippen LogP contribution is -2.39. The van der Waals surface area contributed by atoms with E-state index in [9.17, 15) is 0 Å². The van der Waals surface area contributed by atoms with Crippen molar-refractivity contribution in [2.75, 3.05) is 19.6 Å². The molecule has 2 nitrogen and oxygen atoms in total. The highest BCUT2D eigenvalue weighted by Crippen LogP contribution is 2.27. The van der Waals surface area contributed by atoms with E-state index in [1.165, 1.54) is 35.7 Å². The summed E-state index contributed by atoms with van der Waals surface area (Å²) in [5.74, 6) is 0. The van der Waals surface area contributed by atoms with Crippen LogP contribution in [0.1, 0.15) is 38.3 Å². The van der Waals surface area contributed by atoms with Crippen LogP contribution in [0.4, 0.5) is 0 Å². The molecule has 0 saturated carbocycles. The summed E-state index contributed by atoms with van der Waals surface area (Å²) in [6.45, 7) is 8.12. The Labute approximate surface area is 128 Å². The molecule has 2 heteroatoms. The van der Waals surface area contributed by atoms with Crippen molar-refractivity contribution in [2.45, 2.75) is 38.8 Å². The zero-order valence-electron chi connectivity index (χ0n) is 13.2. The molecule has 0 bridgehead atoms. The molecule has 2 atom stereocenters. The first-order valence-corrected chi connectivity index (χ1v) is 8.24. The van der Waals surface area contributed by atoms with Crippen molar-refractivity contribution >= 4 is 10.8 Å². The maximum absolute atomic E-state index is 3.51. The Morgan fingerprint density at radius 1 is 1.19 bits per heavy atom. The highest BCUT2D eigenvalue weighted by Gasteiger charge is 2.26. The Hall–Kier alpha value is -1.38. The van der Waals surface area contributed by atoms with Gasteiger partial charge in [0, 0.05) is 18.6 Å². The third kappa shape index (κ3) is 3.12. The van der Waals surface area contributed by atoms with Crippen LogP contribution >= 0.6 is 0 Å². The van der Waals surface area contributed by atoms with Crippen LogP contribution in [0.25, 0.3) is 10.8 Å². The number of hydrogen-bond acceptors (Lipinski definition) is 2. The van der Waals surface area contributed by atoms with Gasteiger partial charge in [0.2, 0.25) is 0 Å². The van der Waals surface area contributed by atoms with Crippen LogP contribution < -0.4 is 5.32 Å². The van der Waals surface area contributed by atoms with Crippen molar-refractivity contribution in [3.05, 3.63) is 48.0 Å². The van der Waals surface area contributed by atoms with E-state index < -0.39 is 0 Å². The maximum atomic E-state index is 3.51. The molecular weight excluding hydrogens is 256 g/mol. The lowest BCUT2D eigenvalue weighted by molar-refractivity contribution is 0.153. The van der Waals surface area contributed by atoms with Crippen molar-refractivity contribution < 1.29 is 0 Å². The molecule has 1 saturated heterocycles. The van der Waals surface area contributed by atoms with Gasteiger partial charge < -0.3 is 5.32 Å². The Bertz CT molecular complexity index is 587. The minimum atomic E-state index is 0.486. The molecule has 0 aromatic heterocycles. The Morgan fingerprint density at radius 2 is 2.00 bits per heavy atom. The van der Waals surface area contributed by atoms with E-state index in [2.05, 4.69) is 66.5 Å². The summed E-state index contributed by atoms with van der Waals surface area (Å²) >= 11 is 0. The predicted octanol–water partition coefficient (Wildman–Crippen LogP) is 3.97. The summed E-state index contributed by atoms with van der Waals surface area (Å²) in [6, 6.07) is 16.7. The van der Waals surface area contributed by atoms with Gasteiger partial charge in [0.05, 0.1) is 0 Å². The predicted molar refractivity (Wildman–Crippen MR) is 90.6 cm³/mol. The summed E-state index contributed by atoms with van der Waals surface area (Å²) in [4.78, 5) is 2.68. The van der Waals surface area contributed by atoms with Gasteiger partial charge in [-0.05, 0) is 55.3 Å². The fraction of sp³-hybridized carbons (Fsp3) is 0.474. The summed E-state index contributed by atoms with van der Waals surface area (Å²) in [6.07, 6.45) is 2.49. The molecule has 112 valence electrons. The second-order valence-corrected chi connectivity index (χ2v) is 6.17. The van der Waals surface area contributed by atoms with Crippen LogP contribution in [0.5, 0.6) is 0 Å². The topological polar surface area (TPSA) is 15.3 Å². The minimum absolute atomic E-state index is 0.486. The molecular formula is C19H26N2. The number of rotatable bonds is 5. The van der Waals surface area contributed by atoms with E-state index in [1.54, 1.807) is 0 Å². The monoisotopic (exact) mass is 282 g/mol. The molecule has 0 amide bonds. The number of nitrogens with zero attached hydrogens (tertiary/aromatic N) is 1. The Morgan fingerprint density at radius 3 is 2.71 bits per heavy atom. The number of fused-ring (bicyclic) bond motifs is 1. The molecule has 2 unspecified atom stereocenters. The average molecular weight is 282 g/mol. The van der Waals surface area contributed by atoms with E-state index >= 15 is 0 Å². The number of hydrogen-bond donors (Lipinski definition) is 1. The van der Waals surface area contributed by atoms with Gasteiger partial charge in [-0.15, -0.1) is 0 Å². The van der Waals surface area contributed by atoms with E-state index in [-0.39, 0.29) is 0 Å². The van der Waals surface area contributed by atoms with Gasteiger partial charge in [0.15, 0.2) is 0 Å². The minimum Gasteiger partial charge on any atom is -0.315 e. The maximum Gasteiger partial charge on any atom is 0.0323 e. The summed E-state index contributed by atoms with van der Waals surface area (Å²) in [5.41, 5.74) is 1.44. The van der Waals surface area contributed by atoms with E-state index in [1.807, 2.05) is 0 Å². The van der Waals surface area contributed by atoms with Crippen LogP contribution in [-0.2, 0) is 0 Å². The average Bonchev–Trinajstić information content (AvgIpc) is 3.05. The SMILES string of the molecule is CCCN(C1CCNC1)C(C)c1ccc2ccccc2c1. The van der Waals surface area contributed by atoms with Crippen LogP contribution in [0.3, 0.4) is 0 Å². The van der Waals surface area contributed by atoms with Crippen molar-refractivity contribution in [3.63, 3.8) is 0 Å². The highest BCUT2D eigenvalue weighted by atomic mass is 15.2. The Balaban J connectivity index is 1.87. The molecule has 0 spiro atoms. The second kappa shape index (κ2) is 6.59. The van der Waals surface area contributed by atoms with Crippen molar-refractivity contribution in [1.82, 2.24) is 10.2 Å². The van der Waals surface area contributed by atoms with E-state index in [4.69, 9.17) is 0 Å². The molecule has 1 heterocycles. The number of nitrogens with one attached hydrogen (secondary N) is 1. The van der Waals surface area contributed by atoms with Crippen LogP contribution in [0.2, 0.25) is 0 Å². The van der Waals surface area contributed by atoms with Gasteiger partial charge in [-0.3, -0.25) is 4.90 Å². The molecule has 2 aromatic carbocycles. The largest absolute Gasteiger partial charge is 0.315 e. The standard InChI is InChI=1S/C19H26N2/c1-3-12-21(19-10-11-20-14-19)15(2)17-9-8-16-6-4-5-7-18(16)13-17/h4-9,13,15,19-20H,3,10-12,14H2,1-2H3. The first kappa shape index (κ1) is 14.6. The van der Waals surface area contributed by atoms with Gasteiger partial charge in [0.25, 0.3) is 0 Å². The zero-order chi connectivity index (χ0) is 14.7. The number of benzene rings is 2.